The molecule has 0 radical (unpaired) electrons. The van der Waals surface area contributed by atoms with E-state index in [1.807, 2.05) is 0 Å². The molecule has 21 heteroatoms. The molecule has 442 valence electrons. The number of nitro groups is 1. The molecule has 1 aliphatic rings. The minimum absolute atomic E-state index is 0.168. The summed E-state index contributed by atoms with van der Waals surface area (Å²) in [6, 6.07) is 7.93. The summed E-state index contributed by atoms with van der Waals surface area (Å²) in [5.41, 5.74) is 47.8. The largest absolute Gasteiger partial charge is 0.330 e. The lowest BCUT2D eigenvalue weighted by Gasteiger charge is -2.32. The van der Waals surface area contributed by atoms with Gasteiger partial charge in [-0.05, 0) is 285 Å². The van der Waals surface area contributed by atoms with Crippen LogP contribution in [0.4, 0.5) is 5.69 Å². The maximum absolute atomic E-state index is 14.3. The van der Waals surface area contributed by atoms with E-state index in [9.17, 15) is 19.7 Å². The second-order valence-corrected chi connectivity index (χ2v) is 21.1. The molecule has 21 nitrogen and oxygen atoms in total. The lowest BCUT2D eigenvalue weighted by molar-refractivity contribution is -0.384. The third-order valence-electron chi connectivity index (χ3n) is 14.9. The van der Waals surface area contributed by atoms with Crippen LogP contribution in [0.15, 0.2) is 30.3 Å². The van der Waals surface area contributed by atoms with E-state index in [4.69, 9.17) is 45.9 Å². The molecule has 2 aromatic carbocycles. The highest BCUT2D eigenvalue weighted by molar-refractivity contribution is 6.25. The number of non-ortho nitro benzene ring substituents is 1. The number of carbonyl (C=O) groups excluding carboxylic acids is 2. The zero-order valence-electron chi connectivity index (χ0n) is 47.8. The first-order chi connectivity index (χ1) is 37.6. The van der Waals surface area contributed by atoms with Crippen LogP contribution in [0.25, 0.3) is 10.8 Å². The van der Waals surface area contributed by atoms with Crippen molar-refractivity contribution in [3.8, 4) is 0 Å². The molecule has 0 saturated heterocycles. The number of hydrogen-bond donors (Lipinski definition) is 8. The van der Waals surface area contributed by atoms with Gasteiger partial charge in [0.15, 0.2) is 0 Å². The summed E-state index contributed by atoms with van der Waals surface area (Å²) in [5.74, 6) is -0.852. The van der Waals surface area contributed by atoms with E-state index >= 15 is 0 Å². The highest BCUT2D eigenvalue weighted by Crippen LogP contribution is 2.33. The molecular formula is C56H109N17O4. The summed E-state index contributed by atoms with van der Waals surface area (Å²) in [4.78, 5) is 58.9. The number of nitrogens with zero attached hydrogens (tertiary/aromatic N) is 9. The Balaban J connectivity index is 1.86. The molecule has 0 atom stereocenters. The molecule has 2 amide bonds. The van der Waals surface area contributed by atoms with E-state index in [0.717, 1.165) is 221 Å². The standard InChI is InChI=1S/C56H109N17O4/c57-18-2-26-65(27-3-19-58)34-10-38-69(39-11-35-66(28-4-20-59)29-5-21-60)42-14-44-71(46-47-72-55(74)52-17-1-16-50-48-51(73(76)77)49-53(54(50)52)56(72)75)45-15-43-70(40-12-36-67(30-6-22-61)31-7-23-62)41-13-37-68(32-8-24-63)33-9-25-64/h1,16-17,48-49H,2-15,18-47,57-64H2. The fourth-order valence-electron chi connectivity index (χ4n) is 10.7. The molecule has 77 heavy (non-hydrogen) atoms. The van der Waals surface area contributed by atoms with Gasteiger partial charge in [-0.3, -0.25) is 24.6 Å². The van der Waals surface area contributed by atoms with Crippen molar-refractivity contribution in [2.45, 2.75) is 89.9 Å². The van der Waals surface area contributed by atoms with Gasteiger partial charge < -0.3 is 80.2 Å². The van der Waals surface area contributed by atoms with Crippen molar-refractivity contribution >= 4 is 28.3 Å². The molecule has 0 fully saturated rings. The Bertz CT molecular complexity index is 1720. The van der Waals surface area contributed by atoms with Gasteiger partial charge >= 0.3 is 0 Å². The molecule has 0 spiro atoms. The monoisotopic (exact) mass is 1080 g/mol. The molecule has 0 aliphatic carbocycles. The van der Waals surface area contributed by atoms with Gasteiger partial charge in [0.1, 0.15) is 0 Å². The zero-order valence-corrected chi connectivity index (χ0v) is 47.8. The third kappa shape index (κ3) is 27.1. The van der Waals surface area contributed by atoms with Crippen LogP contribution in [0.5, 0.6) is 0 Å². The van der Waals surface area contributed by atoms with Gasteiger partial charge in [-0.15, -0.1) is 0 Å². The number of nitro benzene ring substituents is 1. The van der Waals surface area contributed by atoms with Crippen LogP contribution in [0.1, 0.15) is 111 Å². The number of hydrogen-bond acceptors (Lipinski definition) is 19. The van der Waals surface area contributed by atoms with E-state index in [-0.39, 0.29) is 23.7 Å². The van der Waals surface area contributed by atoms with Gasteiger partial charge in [0.25, 0.3) is 17.5 Å². The molecule has 0 unspecified atom stereocenters. The first-order valence-corrected chi connectivity index (χ1v) is 29.8. The van der Waals surface area contributed by atoms with Crippen molar-refractivity contribution in [3.05, 3.63) is 51.6 Å². The van der Waals surface area contributed by atoms with Crippen LogP contribution in [-0.4, -0.2) is 252 Å². The van der Waals surface area contributed by atoms with Crippen LogP contribution in [0.2, 0.25) is 0 Å². The molecule has 2 aromatic rings. The summed E-state index contributed by atoms with van der Waals surface area (Å²) in [7, 11) is 0. The van der Waals surface area contributed by atoms with E-state index in [2.05, 4.69) is 34.3 Å². The fourth-order valence-corrected chi connectivity index (χ4v) is 10.7. The smallest absolute Gasteiger partial charge is 0.270 e. The molecule has 0 bridgehead atoms. The molecule has 0 saturated carbocycles. The molecule has 1 aliphatic heterocycles. The quantitative estimate of drug-likeness (QED) is 0.0265. The van der Waals surface area contributed by atoms with Crippen LogP contribution in [-0.2, 0) is 0 Å². The molecule has 1 heterocycles. The van der Waals surface area contributed by atoms with E-state index in [1.165, 1.54) is 17.0 Å². The second-order valence-electron chi connectivity index (χ2n) is 21.1. The SMILES string of the molecule is NCCCN(CCCN)CCCN(CCCN(CCCN)CCCN)CCCN(CCCN(CCCN(CCCN)CCCN)CCCN(CCCN)CCCN)CCN1C(=O)c2cccc3cc([N+](=O)[O-])cc(c23)C1=O. The van der Waals surface area contributed by atoms with Crippen molar-refractivity contribution < 1.29 is 14.5 Å². The van der Waals surface area contributed by atoms with Crippen molar-refractivity contribution in [1.82, 2.24) is 39.2 Å². The summed E-state index contributed by atoms with van der Waals surface area (Å²) in [5, 5.41) is 13.0. The lowest BCUT2D eigenvalue weighted by atomic mass is 9.93. The number of rotatable bonds is 52. The maximum Gasteiger partial charge on any atom is 0.270 e. The second kappa shape index (κ2) is 42.5. The molecular weight excluding hydrogens is 975 g/mol. The Morgan fingerprint density at radius 1 is 0.364 bits per heavy atom. The fraction of sp³-hybridized carbons (Fsp3) is 0.786. The topological polar surface area (TPSA) is 311 Å². The molecule has 0 aromatic heterocycles. The predicted molar refractivity (Wildman–Crippen MR) is 318 cm³/mol. The van der Waals surface area contributed by atoms with Crippen molar-refractivity contribution in [1.29, 1.82) is 0 Å². The number of benzene rings is 2. The Labute approximate surface area is 464 Å². The first-order valence-electron chi connectivity index (χ1n) is 29.8. The van der Waals surface area contributed by atoms with Crippen molar-refractivity contribution in [2.75, 3.05) is 196 Å². The van der Waals surface area contributed by atoms with E-state index < -0.39 is 10.8 Å². The summed E-state index contributed by atoms with van der Waals surface area (Å²) in [6.45, 7) is 25.1. The third-order valence-corrected chi connectivity index (χ3v) is 14.9. The average molecular weight is 1080 g/mol. The number of carbonyl (C=O) groups is 2. The van der Waals surface area contributed by atoms with E-state index in [0.29, 0.717) is 75.2 Å². The van der Waals surface area contributed by atoms with Crippen LogP contribution in [0, 0.1) is 10.1 Å². The lowest BCUT2D eigenvalue weighted by Crippen LogP contribution is -2.45. The number of nitrogens with two attached hydrogens (primary N) is 8. The summed E-state index contributed by atoms with van der Waals surface area (Å²) < 4.78 is 0. The van der Waals surface area contributed by atoms with Crippen LogP contribution < -0.4 is 45.9 Å². The Kier molecular flexibility index (Phi) is 37.5. The predicted octanol–water partition coefficient (Wildman–Crippen LogP) is 1.59. The molecule has 3 rings (SSSR count). The minimum atomic E-state index is -0.488. The Hall–Kier alpha value is -3.36. The zero-order chi connectivity index (χ0) is 55.9. The van der Waals surface area contributed by atoms with Crippen LogP contribution >= 0.6 is 0 Å². The number of amides is 2. The van der Waals surface area contributed by atoms with Gasteiger partial charge in [-0.25, -0.2) is 0 Å². The first kappa shape index (κ1) is 67.9. The number of imide groups is 1. The van der Waals surface area contributed by atoms with Gasteiger partial charge in [-0.1, -0.05) is 12.1 Å². The van der Waals surface area contributed by atoms with Crippen molar-refractivity contribution in [2.24, 2.45) is 45.9 Å². The highest BCUT2D eigenvalue weighted by atomic mass is 16.6. The van der Waals surface area contributed by atoms with Crippen LogP contribution in [0.3, 0.4) is 0 Å². The summed E-state index contributed by atoms with van der Waals surface area (Å²) >= 11 is 0. The normalized spacial score (nSPS) is 13.1. The Morgan fingerprint density at radius 2 is 0.623 bits per heavy atom. The summed E-state index contributed by atoms with van der Waals surface area (Å²) in [6.07, 6.45) is 13.7. The maximum atomic E-state index is 14.3. The average Bonchev–Trinajstić information content (AvgIpc) is 3.45. The van der Waals surface area contributed by atoms with Gasteiger partial charge in [0.2, 0.25) is 0 Å². The Morgan fingerprint density at radius 3 is 0.896 bits per heavy atom. The van der Waals surface area contributed by atoms with Gasteiger partial charge in [-0.2, -0.15) is 0 Å². The van der Waals surface area contributed by atoms with Gasteiger partial charge in [0, 0.05) is 36.2 Å². The van der Waals surface area contributed by atoms with Gasteiger partial charge in [0.05, 0.1) is 10.5 Å². The molecule has 16 N–H and O–H groups in total. The minimum Gasteiger partial charge on any atom is -0.330 e. The van der Waals surface area contributed by atoms with Crippen molar-refractivity contribution in [3.63, 3.8) is 0 Å². The highest BCUT2D eigenvalue weighted by Gasteiger charge is 2.34. The van der Waals surface area contributed by atoms with E-state index in [1.54, 1.807) is 18.2 Å².